The lowest BCUT2D eigenvalue weighted by Gasteiger charge is -2.26. The van der Waals surface area contributed by atoms with Gasteiger partial charge in [-0.25, -0.2) is 4.39 Å². The van der Waals surface area contributed by atoms with Gasteiger partial charge in [0, 0.05) is 10.4 Å². The van der Waals surface area contributed by atoms with Crippen molar-refractivity contribution in [3.05, 3.63) is 57.0 Å². The van der Waals surface area contributed by atoms with E-state index in [9.17, 15) is 4.39 Å². The van der Waals surface area contributed by atoms with Gasteiger partial charge >= 0.3 is 0 Å². The highest BCUT2D eigenvalue weighted by Gasteiger charge is 2.30. The van der Waals surface area contributed by atoms with E-state index in [4.69, 9.17) is 17.3 Å². The Morgan fingerprint density at radius 1 is 1.40 bits per heavy atom. The molecule has 2 heterocycles. The van der Waals surface area contributed by atoms with E-state index >= 15 is 0 Å². The van der Waals surface area contributed by atoms with Crippen LogP contribution in [0.3, 0.4) is 0 Å². The molecule has 0 aliphatic carbocycles. The first-order valence-electron chi connectivity index (χ1n) is 6.19. The minimum absolute atomic E-state index is 0.129. The van der Waals surface area contributed by atoms with Gasteiger partial charge in [0.25, 0.3) is 0 Å². The van der Waals surface area contributed by atoms with Crippen LogP contribution in [0.5, 0.6) is 0 Å². The summed E-state index contributed by atoms with van der Waals surface area (Å²) in [7, 11) is 0. The van der Waals surface area contributed by atoms with Gasteiger partial charge < -0.3 is 10.6 Å². The number of nitrogens with zero attached hydrogens (tertiary/aromatic N) is 2. The molecular formula is C14H13ClFN3S. The van der Waals surface area contributed by atoms with E-state index < -0.39 is 0 Å². The number of hydrogen-bond acceptors (Lipinski definition) is 4. The number of benzene rings is 1. The van der Waals surface area contributed by atoms with Crippen LogP contribution in [0.15, 0.2) is 40.7 Å². The maximum Gasteiger partial charge on any atom is 0.192 e. The molecule has 0 saturated heterocycles. The Labute approximate surface area is 125 Å². The van der Waals surface area contributed by atoms with Gasteiger partial charge in [0.2, 0.25) is 0 Å². The highest BCUT2D eigenvalue weighted by atomic mass is 35.5. The Morgan fingerprint density at radius 3 is 3.00 bits per heavy atom. The Bertz CT molecular complexity index is 642. The van der Waals surface area contributed by atoms with Crippen molar-refractivity contribution in [3.63, 3.8) is 0 Å². The quantitative estimate of drug-likeness (QED) is 0.944. The molecule has 0 saturated carbocycles. The Hall–Kier alpha value is -1.59. The van der Waals surface area contributed by atoms with Crippen molar-refractivity contribution < 1.29 is 4.39 Å². The molecule has 1 unspecified atom stereocenters. The van der Waals surface area contributed by atoms with Crippen LogP contribution >= 0.6 is 22.9 Å². The molecule has 0 spiro atoms. The van der Waals surface area contributed by atoms with E-state index in [0.29, 0.717) is 24.6 Å². The average Bonchev–Trinajstić information content (AvgIpc) is 3.06. The molecule has 0 amide bonds. The summed E-state index contributed by atoms with van der Waals surface area (Å²) in [6.07, 6.45) is 0. The molecule has 1 aromatic heterocycles. The number of rotatable bonds is 3. The van der Waals surface area contributed by atoms with Gasteiger partial charge in [0.05, 0.1) is 24.2 Å². The minimum atomic E-state index is -0.389. The molecule has 0 bridgehead atoms. The summed E-state index contributed by atoms with van der Waals surface area (Å²) in [6, 6.07) is 8.85. The summed E-state index contributed by atoms with van der Waals surface area (Å²) < 4.78 is 14.2. The zero-order chi connectivity index (χ0) is 14.1. The van der Waals surface area contributed by atoms with Crippen LogP contribution in [0.1, 0.15) is 16.5 Å². The predicted molar refractivity (Wildman–Crippen MR) is 80.5 cm³/mol. The van der Waals surface area contributed by atoms with Gasteiger partial charge in [-0.05, 0) is 17.5 Å². The zero-order valence-corrected chi connectivity index (χ0v) is 12.2. The van der Waals surface area contributed by atoms with E-state index in [-0.39, 0.29) is 16.9 Å². The first-order valence-corrected chi connectivity index (χ1v) is 7.45. The van der Waals surface area contributed by atoms with E-state index in [0.717, 1.165) is 4.88 Å². The smallest absolute Gasteiger partial charge is 0.192 e. The monoisotopic (exact) mass is 309 g/mol. The third kappa shape index (κ3) is 2.39. The highest BCUT2D eigenvalue weighted by molar-refractivity contribution is 7.09. The van der Waals surface area contributed by atoms with Crippen molar-refractivity contribution in [2.75, 3.05) is 6.54 Å². The number of halogens is 2. The third-order valence-electron chi connectivity index (χ3n) is 3.34. The molecule has 104 valence electrons. The second-order valence-corrected chi connectivity index (χ2v) is 6.00. The van der Waals surface area contributed by atoms with Gasteiger partial charge in [-0.2, -0.15) is 0 Å². The highest BCUT2D eigenvalue weighted by Crippen LogP contribution is 2.32. The fourth-order valence-electron chi connectivity index (χ4n) is 2.33. The van der Waals surface area contributed by atoms with Gasteiger partial charge in [-0.15, -0.1) is 11.3 Å². The molecule has 1 atom stereocenters. The van der Waals surface area contributed by atoms with Crippen LogP contribution < -0.4 is 5.73 Å². The number of nitrogens with two attached hydrogens (primary N) is 1. The van der Waals surface area contributed by atoms with Crippen LogP contribution in [0.2, 0.25) is 5.02 Å². The largest absolute Gasteiger partial charge is 0.370 e. The Kier molecular flexibility index (Phi) is 3.63. The predicted octanol–water partition coefficient (Wildman–Crippen LogP) is 3.41. The average molecular weight is 310 g/mol. The van der Waals surface area contributed by atoms with Crippen LogP contribution in [0.4, 0.5) is 4.39 Å². The summed E-state index contributed by atoms with van der Waals surface area (Å²) in [4.78, 5) is 7.32. The molecule has 20 heavy (non-hydrogen) atoms. The van der Waals surface area contributed by atoms with Crippen LogP contribution in [0.25, 0.3) is 0 Å². The molecular weight excluding hydrogens is 297 g/mol. The molecule has 2 N–H and O–H groups in total. The van der Waals surface area contributed by atoms with Gasteiger partial charge in [0.15, 0.2) is 5.96 Å². The summed E-state index contributed by atoms with van der Waals surface area (Å²) >= 11 is 7.50. The topological polar surface area (TPSA) is 41.6 Å². The summed E-state index contributed by atoms with van der Waals surface area (Å²) in [6.45, 7) is 1.08. The molecule has 0 radical (unpaired) electrons. The zero-order valence-electron chi connectivity index (χ0n) is 10.6. The van der Waals surface area contributed by atoms with Crippen LogP contribution in [0, 0.1) is 5.82 Å². The van der Waals surface area contributed by atoms with Gasteiger partial charge in [-0.3, -0.25) is 4.99 Å². The lowest BCUT2D eigenvalue weighted by Crippen LogP contribution is -2.35. The van der Waals surface area contributed by atoms with Crippen LogP contribution in [-0.2, 0) is 6.54 Å². The van der Waals surface area contributed by atoms with Gasteiger partial charge in [0.1, 0.15) is 5.82 Å². The molecule has 3 nitrogen and oxygen atoms in total. The molecule has 3 rings (SSSR count). The number of hydrogen-bond donors (Lipinski definition) is 1. The first-order chi connectivity index (χ1) is 9.66. The van der Waals surface area contributed by atoms with E-state index in [2.05, 4.69) is 4.99 Å². The first kappa shape index (κ1) is 13.4. The van der Waals surface area contributed by atoms with Crippen LogP contribution in [-0.4, -0.2) is 17.4 Å². The second kappa shape index (κ2) is 5.42. The van der Waals surface area contributed by atoms with E-state index in [1.165, 1.54) is 0 Å². The van der Waals surface area contributed by atoms with E-state index in [1.54, 1.807) is 29.5 Å². The van der Waals surface area contributed by atoms with Crippen molar-refractivity contribution >= 4 is 28.9 Å². The number of guanidine groups is 1. The van der Waals surface area contributed by atoms with Crippen molar-refractivity contribution in [2.24, 2.45) is 10.7 Å². The van der Waals surface area contributed by atoms with E-state index in [1.807, 2.05) is 22.4 Å². The third-order valence-corrected chi connectivity index (χ3v) is 4.50. The van der Waals surface area contributed by atoms with Crippen molar-refractivity contribution in [3.8, 4) is 0 Å². The molecule has 2 aromatic rings. The molecule has 1 aliphatic heterocycles. The number of thiophene rings is 1. The molecule has 1 aromatic carbocycles. The maximum absolute atomic E-state index is 14.2. The lowest BCUT2D eigenvalue weighted by atomic mass is 10.1. The fraction of sp³-hybridized carbons (Fsp3) is 0.214. The molecule has 1 aliphatic rings. The summed E-state index contributed by atoms with van der Waals surface area (Å²) in [5.41, 5.74) is 6.48. The fourth-order valence-corrected chi connectivity index (χ4v) is 3.22. The second-order valence-electron chi connectivity index (χ2n) is 4.56. The Balaban J connectivity index is 1.91. The maximum atomic E-state index is 14.2. The molecule has 6 heteroatoms. The summed E-state index contributed by atoms with van der Waals surface area (Å²) in [5, 5.41) is 2.14. The standard InChI is InChI=1S/C14H13ClFN3S/c15-11-5-1-4-10(13(11)16)12-7-18-14(17)19(12)8-9-3-2-6-20-9/h1-6,12H,7-8H2,(H2,17,18). The van der Waals surface area contributed by atoms with Crippen molar-refractivity contribution in [2.45, 2.75) is 12.6 Å². The lowest BCUT2D eigenvalue weighted by molar-refractivity contribution is 0.334. The van der Waals surface area contributed by atoms with Crippen molar-refractivity contribution in [1.82, 2.24) is 4.90 Å². The Morgan fingerprint density at radius 2 is 2.25 bits per heavy atom. The minimum Gasteiger partial charge on any atom is -0.370 e. The SMILES string of the molecule is NC1=NCC(c2cccc(Cl)c2F)N1Cc1cccs1. The molecule has 0 fully saturated rings. The summed E-state index contributed by atoms with van der Waals surface area (Å²) in [5.74, 6) is 0.0584. The van der Waals surface area contributed by atoms with Crippen molar-refractivity contribution in [1.29, 1.82) is 0 Å². The van der Waals surface area contributed by atoms with Gasteiger partial charge in [-0.1, -0.05) is 29.8 Å². The number of aliphatic imine (C=N–C) groups is 1. The normalized spacial score (nSPS) is 18.4.